The van der Waals surface area contributed by atoms with E-state index in [2.05, 4.69) is 10.5 Å². The summed E-state index contributed by atoms with van der Waals surface area (Å²) in [6.45, 7) is 3.35. The highest BCUT2D eigenvalue weighted by molar-refractivity contribution is 5.98. The molecule has 0 aliphatic heterocycles. The Morgan fingerprint density at radius 1 is 1.53 bits per heavy atom. The lowest BCUT2D eigenvalue weighted by Crippen LogP contribution is -2.33. The van der Waals surface area contributed by atoms with Crippen LogP contribution >= 0.6 is 0 Å². The van der Waals surface area contributed by atoms with Crippen molar-refractivity contribution in [3.63, 3.8) is 0 Å². The summed E-state index contributed by atoms with van der Waals surface area (Å²) in [6, 6.07) is 7.03. The number of hydrogen-bond donors (Lipinski definition) is 2. The molecule has 0 saturated carbocycles. The number of carbonyl (C=O) groups excluding carboxylic acids is 1. The minimum absolute atomic E-state index is 0.192. The van der Waals surface area contributed by atoms with Crippen LogP contribution in [0.5, 0.6) is 5.75 Å². The first kappa shape index (κ1) is 13.0. The van der Waals surface area contributed by atoms with Crippen molar-refractivity contribution in [3.05, 3.63) is 29.8 Å². The van der Waals surface area contributed by atoms with Crippen LogP contribution in [0.15, 0.2) is 29.4 Å². The zero-order valence-electron chi connectivity index (χ0n) is 10.1. The molecule has 0 aliphatic rings. The van der Waals surface area contributed by atoms with Crippen molar-refractivity contribution in [2.24, 2.45) is 5.16 Å². The van der Waals surface area contributed by atoms with Gasteiger partial charge in [-0.05, 0) is 26.0 Å². The Balaban J connectivity index is 2.82. The van der Waals surface area contributed by atoms with Crippen LogP contribution in [0.2, 0.25) is 0 Å². The van der Waals surface area contributed by atoms with E-state index < -0.39 is 6.10 Å². The van der Waals surface area contributed by atoms with Crippen molar-refractivity contribution >= 4 is 11.6 Å². The standard InChI is InChI=1S/C12H16N2O3/c1-8(14-16)10-5-4-6-11(7-10)17-9(2)12(15)13-3/h4-7,9,16H,1-3H3,(H,13,15)/b14-8+. The molecule has 1 atom stereocenters. The number of amides is 1. The van der Waals surface area contributed by atoms with E-state index in [0.29, 0.717) is 11.5 Å². The summed E-state index contributed by atoms with van der Waals surface area (Å²) in [7, 11) is 1.56. The van der Waals surface area contributed by atoms with Gasteiger partial charge in [0.05, 0.1) is 5.71 Å². The minimum atomic E-state index is -0.568. The van der Waals surface area contributed by atoms with Gasteiger partial charge in [0, 0.05) is 12.6 Å². The first-order valence-electron chi connectivity index (χ1n) is 5.25. The molecule has 17 heavy (non-hydrogen) atoms. The average molecular weight is 236 g/mol. The number of carbonyl (C=O) groups is 1. The summed E-state index contributed by atoms with van der Waals surface area (Å²) in [4.78, 5) is 11.3. The molecule has 0 saturated heterocycles. The molecule has 0 bridgehead atoms. The molecule has 5 nitrogen and oxygen atoms in total. The topological polar surface area (TPSA) is 70.9 Å². The van der Waals surface area contributed by atoms with Crippen molar-refractivity contribution in [2.75, 3.05) is 7.05 Å². The Kier molecular flexibility index (Phi) is 4.51. The summed E-state index contributed by atoms with van der Waals surface area (Å²) < 4.78 is 5.45. The number of oxime groups is 1. The van der Waals surface area contributed by atoms with E-state index in [1.54, 1.807) is 45.2 Å². The maximum Gasteiger partial charge on any atom is 0.260 e. The molecule has 0 heterocycles. The average Bonchev–Trinajstić information content (AvgIpc) is 2.37. The largest absolute Gasteiger partial charge is 0.481 e. The molecule has 0 fully saturated rings. The van der Waals surface area contributed by atoms with Gasteiger partial charge in [-0.3, -0.25) is 4.79 Å². The van der Waals surface area contributed by atoms with Gasteiger partial charge in [-0.1, -0.05) is 17.3 Å². The number of likely N-dealkylation sites (N-methyl/N-ethyl adjacent to an activating group) is 1. The molecule has 0 aromatic heterocycles. The lowest BCUT2D eigenvalue weighted by atomic mass is 10.1. The normalized spacial score (nSPS) is 13.0. The first-order chi connectivity index (χ1) is 8.08. The molecule has 1 rings (SSSR count). The Bertz CT molecular complexity index is 430. The number of benzene rings is 1. The fraction of sp³-hybridized carbons (Fsp3) is 0.333. The maximum absolute atomic E-state index is 11.3. The highest BCUT2D eigenvalue weighted by atomic mass is 16.5. The predicted octanol–water partition coefficient (Wildman–Crippen LogP) is 1.40. The van der Waals surface area contributed by atoms with Gasteiger partial charge < -0.3 is 15.3 Å². The van der Waals surface area contributed by atoms with Crippen LogP contribution in [0.3, 0.4) is 0 Å². The number of nitrogens with zero attached hydrogens (tertiary/aromatic N) is 1. The van der Waals surface area contributed by atoms with E-state index >= 15 is 0 Å². The van der Waals surface area contributed by atoms with Gasteiger partial charge in [-0.25, -0.2) is 0 Å². The third-order valence-corrected chi connectivity index (χ3v) is 2.33. The SMILES string of the molecule is CNC(=O)C(C)Oc1cccc(/C(C)=N/O)c1. The van der Waals surface area contributed by atoms with Gasteiger partial charge in [0.25, 0.3) is 5.91 Å². The van der Waals surface area contributed by atoms with Crippen LogP contribution in [0, 0.1) is 0 Å². The summed E-state index contributed by atoms with van der Waals surface area (Å²) in [5.74, 6) is 0.365. The van der Waals surface area contributed by atoms with Crippen LogP contribution in [-0.4, -0.2) is 30.0 Å². The van der Waals surface area contributed by atoms with E-state index in [9.17, 15) is 4.79 Å². The van der Waals surface area contributed by atoms with E-state index in [1.165, 1.54) is 0 Å². The van der Waals surface area contributed by atoms with Crippen molar-refractivity contribution in [1.82, 2.24) is 5.32 Å². The first-order valence-corrected chi connectivity index (χ1v) is 5.25. The fourth-order valence-corrected chi connectivity index (χ4v) is 1.31. The lowest BCUT2D eigenvalue weighted by molar-refractivity contribution is -0.126. The van der Waals surface area contributed by atoms with Crippen molar-refractivity contribution in [3.8, 4) is 5.75 Å². The highest BCUT2D eigenvalue weighted by Gasteiger charge is 2.12. The molecule has 0 spiro atoms. The maximum atomic E-state index is 11.3. The van der Waals surface area contributed by atoms with Gasteiger partial charge in [-0.2, -0.15) is 0 Å². The molecule has 0 aliphatic carbocycles. The summed E-state index contributed by atoms with van der Waals surface area (Å²) in [6.07, 6.45) is -0.568. The van der Waals surface area contributed by atoms with Gasteiger partial charge in [0.1, 0.15) is 5.75 Å². The van der Waals surface area contributed by atoms with Gasteiger partial charge in [-0.15, -0.1) is 0 Å². The van der Waals surface area contributed by atoms with Gasteiger partial charge >= 0.3 is 0 Å². The predicted molar refractivity (Wildman–Crippen MR) is 64.6 cm³/mol. The van der Waals surface area contributed by atoms with Crippen LogP contribution in [0.1, 0.15) is 19.4 Å². The Hall–Kier alpha value is -2.04. The van der Waals surface area contributed by atoms with E-state index in [-0.39, 0.29) is 5.91 Å². The minimum Gasteiger partial charge on any atom is -0.481 e. The van der Waals surface area contributed by atoms with Crippen LogP contribution in [0.4, 0.5) is 0 Å². The zero-order valence-corrected chi connectivity index (χ0v) is 10.1. The monoisotopic (exact) mass is 236 g/mol. The van der Waals surface area contributed by atoms with Crippen molar-refractivity contribution in [1.29, 1.82) is 0 Å². The zero-order chi connectivity index (χ0) is 12.8. The number of rotatable bonds is 4. The van der Waals surface area contributed by atoms with Gasteiger partial charge in [0.15, 0.2) is 6.10 Å². The molecule has 1 unspecified atom stereocenters. The van der Waals surface area contributed by atoms with E-state index in [1.807, 2.05) is 0 Å². The quantitative estimate of drug-likeness (QED) is 0.471. The molecule has 1 aromatic carbocycles. The highest BCUT2D eigenvalue weighted by Crippen LogP contribution is 2.15. The molecule has 5 heteroatoms. The molecular formula is C12H16N2O3. The third-order valence-electron chi connectivity index (χ3n) is 2.33. The second-order valence-electron chi connectivity index (χ2n) is 3.59. The molecule has 1 aromatic rings. The van der Waals surface area contributed by atoms with Crippen molar-refractivity contribution in [2.45, 2.75) is 20.0 Å². The van der Waals surface area contributed by atoms with Crippen LogP contribution < -0.4 is 10.1 Å². The molecule has 0 radical (unpaired) electrons. The van der Waals surface area contributed by atoms with Crippen LogP contribution in [-0.2, 0) is 4.79 Å². The van der Waals surface area contributed by atoms with E-state index in [4.69, 9.17) is 9.94 Å². The molecule has 2 N–H and O–H groups in total. The van der Waals surface area contributed by atoms with Crippen molar-refractivity contribution < 1.29 is 14.7 Å². The van der Waals surface area contributed by atoms with E-state index in [0.717, 1.165) is 5.56 Å². The summed E-state index contributed by atoms with van der Waals surface area (Å²) in [5.41, 5.74) is 1.23. The number of nitrogens with one attached hydrogen (secondary N) is 1. The Morgan fingerprint density at radius 2 is 2.24 bits per heavy atom. The smallest absolute Gasteiger partial charge is 0.260 e. The molecule has 1 amide bonds. The fourth-order valence-electron chi connectivity index (χ4n) is 1.31. The summed E-state index contributed by atoms with van der Waals surface area (Å²) >= 11 is 0. The Morgan fingerprint density at radius 3 is 2.82 bits per heavy atom. The van der Waals surface area contributed by atoms with Gasteiger partial charge in [0.2, 0.25) is 0 Å². The molecular weight excluding hydrogens is 220 g/mol. The second kappa shape index (κ2) is 5.89. The lowest BCUT2D eigenvalue weighted by Gasteiger charge is -2.13. The third kappa shape index (κ3) is 3.48. The summed E-state index contributed by atoms with van der Waals surface area (Å²) in [5, 5.41) is 14.3. The second-order valence-corrected chi connectivity index (χ2v) is 3.59. The number of hydrogen-bond acceptors (Lipinski definition) is 4. The number of ether oxygens (including phenoxy) is 1. The Labute approximate surface area is 100 Å². The van der Waals surface area contributed by atoms with Crippen LogP contribution in [0.25, 0.3) is 0 Å². The molecule has 92 valence electrons.